The molecule has 0 bridgehead atoms. The number of ether oxygens (including phenoxy) is 1. The molecule has 0 atom stereocenters. The van der Waals surface area contributed by atoms with Gasteiger partial charge in [-0.2, -0.15) is 0 Å². The van der Waals surface area contributed by atoms with E-state index in [2.05, 4.69) is 14.9 Å². The van der Waals surface area contributed by atoms with E-state index in [4.69, 9.17) is 4.74 Å². The molecule has 4 rings (SSSR count). The van der Waals surface area contributed by atoms with Crippen molar-refractivity contribution in [3.8, 4) is 17.0 Å². The first kappa shape index (κ1) is 20.8. The van der Waals surface area contributed by atoms with E-state index in [1.165, 1.54) is 0 Å². The summed E-state index contributed by atoms with van der Waals surface area (Å²) >= 11 is 0. The molecule has 0 N–H and O–H groups in total. The summed E-state index contributed by atoms with van der Waals surface area (Å²) in [5.41, 5.74) is 2.88. The Kier molecular flexibility index (Phi) is 6.46. The van der Waals surface area contributed by atoms with Crippen LogP contribution in [0, 0.1) is 5.92 Å². The highest BCUT2D eigenvalue weighted by Crippen LogP contribution is 2.28. The number of hydrogen-bond acceptors (Lipinski definition) is 5. The number of para-hydroxylation sites is 1. The van der Waals surface area contributed by atoms with Gasteiger partial charge >= 0.3 is 0 Å². The van der Waals surface area contributed by atoms with E-state index in [0.29, 0.717) is 6.54 Å². The third-order valence-corrected chi connectivity index (χ3v) is 5.86. The molecule has 2 aromatic carbocycles. The van der Waals surface area contributed by atoms with E-state index in [1.807, 2.05) is 72.5 Å². The Balaban J connectivity index is 1.42. The zero-order chi connectivity index (χ0) is 21.6. The van der Waals surface area contributed by atoms with Crippen molar-refractivity contribution < 1.29 is 9.53 Å². The van der Waals surface area contributed by atoms with Crippen molar-refractivity contribution in [2.45, 2.75) is 19.8 Å². The van der Waals surface area contributed by atoms with Crippen LogP contribution in [0.5, 0.6) is 5.75 Å². The average molecular weight is 417 g/mol. The molecule has 160 valence electrons. The second kappa shape index (κ2) is 9.60. The third kappa shape index (κ3) is 4.68. The molecule has 6 heteroatoms. The standard InChI is InChI=1S/C25H28N4O2/c1-3-29(21-7-5-4-6-8-21)25(30)20-13-15-28(16-14-20)24-17-23(26-18-27-24)19-9-11-22(31-2)12-10-19/h4-12,17-18,20H,3,13-16H2,1-2H3. The van der Waals surface area contributed by atoms with Crippen LogP contribution < -0.4 is 14.5 Å². The molecule has 2 heterocycles. The van der Waals surface area contributed by atoms with Gasteiger partial charge in [0.25, 0.3) is 0 Å². The fraction of sp³-hybridized carbons (Fsp3) is 0.320. The molecule has 31 heavy (non-hydrogen) atoms. The number of carbonyl (C=O) groups is 1. The third-order valence-electron chi connectivity index (χ3n) is 5.86. The lowest BCUT2D eigenvalue weighted by molar-refractivity contribution is -0.122. The minimum atomic E-state index is 0.0410. The summed E-state index contributed by atoms with van der Waals surface area (Å²) < 4.78 is 5.23. The first-order chi connectivity index (χ1) is 15.2. The topological polar surface area (TPSA) is 58.6 Å². The van der Waals surface area contributed by atoms with E-state index < -0.39 is 0 Å². The van der Waals surface area contributed by atoms with Crippen LogP contribution in [0.4, 0.5) is 11.5 Å². The summed E-state index contributed by atoms with van der Waals surface area (Å²) in [6.45, 7) is 4.32. The van der Waals surface area contributed by atoms with Gasteiger partial charge in [-0.1, -0.05) is 18.2 Å². The van der Waals surface area contributed by atoms with Crippen molar-refractivity contribution in [3.05, 3.63) is 67.0 Å². The van der Waals surface area contributed by atoms with Crippen LogP contribution in [0.25, 0.3) is 11.3 Å². The van der Waals surface area contributed by atoms with Gasteiger partial charge in [0.2, 0.25) is 5.91 Å². The normalized spacial score (nSPS) is 14.3. The number of carbonyl (C=O) groups excluding carboxylic acids is 1. The van der Waals surface area contributed by atoms with Gasteiger partial charge in [-0.15, -0.1) is 0 Å². The molecule has 0 aliphatic carbocycles. The molecular weight excluding hydrogens is 388 g/mol. The highest BCUT2D eigenvalue weighted by atomic mass is 16.5. The van der Waals surface area contributed by atoms with Crippen molar-refractivity contribution in [1.82, 2.24) is 9.97 Å². The first-order valence-electron chi connectivity index (χ1n) is 10.8. The van der Waals surface area contributed by atoms with Gasteiger partial charge < -0.3 is 14.5 Å². The number of hydrogen-bond donors (Lipinski definition) is 0. The fourth-order valence-electron chi connectivity index (χ4n) is 4.09. The summed E-state index contributed by atoms with van der Waals surface area (Å²) in [5.74, 6) is 1.98. The molecule has 6 nitrogen and oxygen atoms in total. The Hall–Kier alpha value is -3.41. The van der Waals surface area contributed by atoms with Crippen molar-refractivity contribution in [3.63, 3.8) is 0 Å². The summed E-state index contributed by atoms with van der Waals surface area (Å²) in [6.07, 6.45) is 3.26. The zero-order valence-electron chi connectivity index (χ0n) is 18.1. The second-order valence-corrected chi connectivity index (χ2v) is 7.67. The van der Waals surface area contributed by atoms with Gasteiger partial charge in [0.05, 0.1) is 12.8 Å². The maximum atomic E-state index is 13.1. The smallest absolute Gasteiger partial charge is 0.230 e. The molecule has 1 amide bonds. The molecule has 1 fully saturated rings. The molecular formula is C25H28N4O2. The van der Waals surface area contributed by atoms with Crippen molar-refractivity contribution >= 4 is 17.4 Å². The SMILES string of the molecule is CCN(C(=O)C1CCN(c2cc(-c3ccc(OC)cc3)ncn2)CC1)c1ccccc1. The first-order valence-corrected chi connectivity index (χ1v) is 10.8. The summed E-state index contributed by atoms with van der Waals surface area (Å²) in [6, 6.07) is 19.8. The molecule has 0 radical (unpaired) electrons. The summed E-state index contributed by atoms with van der Waals surface area (Å²) in [7, 11) is 1.66. The van der Waals surface area contributed by atoms with Crippen LogP contribution in [0.15, 0.2) is 67.0 Å². The Morgan fingerprint density at radius 3 is 2.42 bits per heavy atom. The molecule has 1 aliphatic heterocycles. The maximum Gasteiger partial charge on any atom is 0.230 e. The van der Waals surface area contributed by atoms with Gasteiger partial charge in [0, 0.05) is 42.9 Å². The molecule has 1 saturated heterocycles. The predicted molar refractivity (Wildman–Crippen MR) is 123 cm³/mol. The molecule has 1 aliphatic rings. The number of methoxy groups -OCH3 is 1. The van der Waals surface area contributed by atoms with Gasteiger partial charge in [0.1, 0.15) is 17.9 Å². The molecule has 1 aromatic heterocycles. The maximum absolute atomic E-state index is 13.1. The van der Waals surface area contributed by atoms with E-state index >= 15 is 0 Å². The van der Waals surface area contributed by atoms with Crippen LogP contribution in [-0.2, 0) is 4.79 Å². The quantitative estimate of drug-likeness (QED) is 0.595. The number of aromatic nitrogens is 2. The van der Waals surface area contributed by atoms with Crippen molar-refractivity contribution in [1.29, 1.82) is 0 Å². The highest BCUT2D eigenvalue weighted by Gasteiger charge is 2.29. The van der Waals surface area contributed by atoms with E-state index in [0.717, 1.165) is 54.4 Å². The Morgan fingerprint density at radius 2 is 1.77 bits per heavy atom. The Bertz CT molecular complexity index is 1000. The largest absolute Gasteiger partial charge is 0.497 e. The lowest BCUT2D eigenvalue weighted by Crippen LogP contribution is -2.43. The number of amides is 1. The predicted octanol–water partition coefficient (Wildman–Crippen LogP) is 4.42. The van der Waals surface area contributed by atoms with E-state index in [9.17, 15) is 4.79 Å². The van der Waals surface area contributed by atoms with Crippen LogP contribution in [-0.4, -0.2) is 42.6 Å². The summed E-state index contributed by atoms with van der Waals surface area (Å²) in [5, 5.41) is 0. The summed E-state index contributed by atoms with van der Waals surface area (Å²) in [4.78, 5) is 26.2. The number of anilines is 2. The minimum absolute atomic E-state index is 0.0410. The van der Waals surface area contributed by atoms with E-state index in [-0.39, 0.29) is 11.8 Å². The lowest BCUT2D eigenvalue weighted by Gasteiger charge is -2.34. The average Bonchev–Trinajstić information content (AvgIpc) is 2.85. The van der Waals surface area contributed by atoms with Gasteiger partial charge in [-0.3, -0.25) is 4.79 Å². The second-order valence-electron chi connectivity index (χ2n) is 7.67. The van der Waals surface area contributed by atoms with Gasteiger partial charge in [0.15, 0.2) is 0 Å². The zero-order valence-corrected chi connectivity index (χ0v) is 18.1. The fourth-order valence-corrected chi connectivity index (χ4v) is 4.09. The Morgan fingerprint density at radius 1 is 1.06 bits per heavy atom. The minimum Gasteiger partial charge on any atom is -0.497 e. The number of piperidine rings is 1. The monoisotopic (exact) mass is 416 g/mol. The van der Waals surface area contributed by atoms with Crippen LogP contribution in [0.3, 0.4) is 0 Å². The number of benzene rings is 2. The van der Waals surface area contributed by atoms with Gasteiger partial charge in [-0.25, -0.2) is 9.97 Å². The molecule has 0 unspecified atom stereocenters. The van der Waals surface area contributed by atoms with Gasteiger partial charge in [-0.05, 0) is 56.2 Å². The number of nitrogens with zero attached hydrogens (tertiary/aromatic N) is 4. The van der Waals surface area contributed by atoms with Crippen LogP contribution >= 0.6 is 0 Å². The molecule has 0 spiro atoms. The lowest BCUT2D eigenvalue weighted by atomic mass is 9.95. The van der Waals surface area contributed by atoms with E-state index in [1.54, 1.807) is 13.4 Å². The molecule has 0 saturated carbocycles. The van der Waals surface area contributed by atoms with Crippen LogP contribution in [0.1, 0.15) is 19.8 Å². The molecule has 3 aromatic rings. The van der Waals surface area contributed by atoms with Crippen LogP contribution in [0.2, 0.25) is 0 Å². The highest BCUT2D eigenvalue weighted by molar-refractivity contribution is 5.95. The van der Waals surface area contributed by atoms with Crippen molar-refractivity contribution in [2.24, 2.45) is 5.92 Å². The number of rotatable bonds is 6. The Labute approximate surface area is 183 Å². The van der Waals surface area contributed by atoms with Crippen molar-refractivity contribution in [2.75, 3.05) is 36.5 Å².